The van der Waals surface area contributed by atoms with Crippen molar-refractivity contribution in [2.45, 2.75) is 6.92 Å². The summed E-state index contributed by atoms with van der Waals surface area (Å²) in [5.74, 6) is 0.969. The van der Waals surface area contributed by atoms with Crippen molar-refractivity contribution in [3.05, 3.63) is 40.4 Å². The van der Waals surface area contributed by atoms with Crippen molar-refractivity contribution in [1.29, 1.82) is 0 Å². The van der Waals surface area contributed by atoms with Gasteiger partial charge in [-0.05, 0) is 46.6 Å². The van der Waals surface area contributed by atoms with Gasteiger partial charge in [0.25, 0.3) is 0 Å². The largest absolute Gasteiger partial charge is 0.372 e. The summed E-state index contributed by atoms with van der Waals surface area (Å²) in [6.07, 6.45) is 1.44. The van der Waals surface area contributed by atoms with Gasteiger partial charge in [0.2, 0.25) is 0 Å². The molecule has 0 aliphatic carbocycles. The van der Waals surface area contributed by atoms with Gasteiger partial charge in [-0.25, -0.2) is 14.4 Å². The van der Waals surface area contributed by atoms with Gasteiger partial charge < -0.3 is 10.6 Å². The molecule has 0 spiro atoms. The molecule has 0 atom stereocenters. The number of aromatic nitrogens is 2. The molecule has 2 aromatic rings. The van der Waals surface area contributed by atoms with Gasteiger partial charge in [0.15, 0.2) is 0 Å². The van der Waals surface area contributed by atoms with Crippen LogP contribution in [-0.2, 0) is 0 Å². The van der Waals surface area contributed by atoms with Gasteiger partial charge in [-0.1, -0.05) is 0 Å². The van der Waals surface area contributed by atoms with Crippen LogP contribution in [0.25, 0.3) is 0 Å². The Morgan fingerprint density at radius 2 is 1.89 bits per heavy atom. The number of hydrogen-bond donors (Lipinski definition) is 2. The van der Waals surface area contributed by atoms with E-state index in [4.69, 9.17) is 0 Å². The lowest BCUT2D eigenvalue weighted by Crippen LogP contribution is -2.00. The van der Waals surface area contributed by atoms with Crippen molar-refractivity contribution in [3.63, 3.8) is 0 Å². The Bertz CT molecular complexity index is 554. The Balaban J connectivity index is 2.34. The maximum atomic E-state index is 13.3. The van der Waals surface area contributed by atoms with Gasteiger partial charge in [0.1, 0.15) is 28.3 Å². The fourth-order valence-corrected chi connectivity index (χ4v) is 2.08. The lowest BCUT2D eigenvalue weighted by Gasteiger charge is -2.10. The first-order valence-corrected chi connectivity index (χ1v) is 6.12. The maximum absolute atomic E-state index is 13.3. The summed E-state index contributed by atoms with van der Waals surface area (Å²) in [6, 6.07) is 4.73. The number of nitrogens with one attached hydrogen (secondary N) is 2. The molecule has 6 heteroatoms. The Morgan fingerprint density at radius 1 is 1.17 bits per heavy atom. The average molecular weight is 311 g/mol. The van der Waals surface area contributed by atoms with Gasteiger partial charge in [-0.15, -0.1) is 0 Å². The van der Waals surface area contributed by atoms with Crippen LogP contribution >= 0.6 is 15.9 Å². The quantitative estimate of drug-likeness (QED) is 0.911. The molecule has 0 amide bonds. The zero-order valence-corrected chi connectivity index (χ0v) is 11.5. The third-order valence-corrected chi connectivity index (χ3v) is 3.08. The highest BCUT2D eigenvalue weighted by Crippen LogP contribution is 2.29. The zero-order valence-electron chi connectivity index (χ0n) is 9.96. The Hall–Kier alpha value is -1.69. The van der Waals surface area contributed by atoms with Gasteiger partial charge >= 0.3 is 0 Å². The molecule has 4 nitrogen and oxygen atoms in total. The first kappa shape index (κ1) is 12.8. The highest BCUT2D eigenvalue weighted by Gasteiger charge is 2.08. The molecule has 0 aliphatic heterocycles. The second kappa shape index (κ2) is 5.30. The Kier molecular flexibility index (Phi) is 3.76. The normalized spacial score (nSPS) is 10.2. The van der Waals surface area contributed by atoms with Crippen molar-refractivity contribution in [3.8, 4) is 0 Å². The molecule has 2 rings (SSSR count). The lowest BCUT2D eigenvalue weighted by molar-refractivity contribution is 0.627. The number of benzene rings is 1. The van der Waals surface area contributed by atoms with Crippen molar-refractivity contribution in [2.75, 3.05) is 17.7 Å². The number of anilines is 3. The predicted octanol–water partition coefficient (Wildman–Crippen LogP) is 3.47. The minimum absolute atomic E-state index is 0.281. The van der Waals surface area contributed by atoms with E-state index in [1.807, 2.05) is 13.0 Å². The molecule has 0 aliphatic rings. The summed E-state index contributed by atoms with van der Waals surface area (Å²) >= 11 is 3.39. The summed E-state index contributed by atoms with van der Waals surface area (Å²) in [4.78, 5) is 8.16. The van der Waals surface area contributed by atoms with E-state index < -0.39 is 0 Å². The van der Waals surface area contributed by atoms with Crippen molar-refractivity contribution < 1.29 is 4.39 Å². The standard InChI is InChI=1S/C12H12BrFN4/c1-7-3-8(14)5-9(4-7)18-12-10(13)11(15-2)16-6-17-12/h3-6H,1-2H3,(H2,15,16,17,18). The summed E-state index contributed by atoms with van der Waals surface area (Å²) in [5, 5.41) is 5.98. The van der Waals surface area contributed by atoms with E-state index in [0.29, 0.717) is 21.8 Å². The zero-order chi connectivity index (χ0) is 13.1. The Labute approximate surface area is 113 Å². The van der Waals surface area contributed by atoms with Gasteiger partial charge in [-0.2, -0.15) is 0 Å². The van der Waals surface area contributed by atoms with E-state index >= 15 is 0 Å². The van der Waals surface area contributed by atoms with E-state index in [9.17, 15) is 4.39 Å². The average Bonchev–Trinajstić information content (AvgIpc) is 2.30. The fraction of sp³-hybridized carbons (Fsp3) is 0.167. The molecule has 0 saturated carbocycles. The van der Waals surface area contributed by atoms with Crippen LogP contribution in [0.1, 0.15) is 5.56 Å². The molecule has 0 fully saturated rings. The van der Waals surface area contributed by atoms with E-state index in [2.05, 4.69) is 36.5 Å². The van der Waals surface area contributed by atoms with E-state index in [0.717, 1.165) is 5.56 Å². The molecule has 0 bridgehead atoms. The van der Waals surface area contributed by atoms with Crippen molar-refractivity contribution >= 4 is 33.3 Å². The van der Waals surface area contributed by atoms with Crippen molar-refractivity contribution in [2.24, 2.45) is 0 Å². The van der Waals surface area contributed by atoms with Crippen molar-refractivity contribution in [1.82, 2.24) is 9.97 Å². The van der Waals surface area contributed by atoms with Gasteiger partial charge in [0, 0.05) is 12.7 Å². The van der Waals surface area contributed by atoms with Crippen LogP contribution in [0.2, 0.25) is 0 Å². The van der Waals surface area contributed by atoms with Crippen LogP contribution in [-0.4, -0.2) is 17.0 Å². The van der Waals surface area contributed by atoms with Crippen LogP contribution in [0.5, 0.6) is 0 Å². The molecule has 0 saturated heterocycles. The van der Waals surface area contributed by atoms with Gasteiger partial charge in [-0.3, -0.25) is 0 Å². The molecule has 1 aromatic carbocycles. The molecule has 0 radical (unpaired) electrons. The van der Waals surface area contributed by atoms with Crippen LogP contribution in [0.15, 0.2) is 29.0 Å². The molecule has 94 valence electrons. The number of nitrogens with zero attached hydrogens (tertiary/aromatic N) is 2. The monoisotopic (exact) mass is 310 g/mol. The first-order valence-electron chi connectivity index (χ1n) is 5.32. The first-order chi connectivity index (χ1) is 8.60. The highest BCUT2D eigenvalue weighted by molar-refractivity contribution is 9.10. The molecular weight excluding hydrogens is 299 g/mol. The lowest BCUT2D eigenvalue weighted by atomic mass is 10.2. The molecule has 18 heavy (non-hydrogen) atoms. The molecule has 2 N–H and O–H groups in total. The minimum atomic E-state index is -0.281. The Morgan fingerprint density at radius 3 is 2.56 bits per heavy atom. The minimum Gasteiger partial charge on any atom is -0.372 e. The topological polar surface area (TPSA) is 49.8 Å². The van der Waals surface area contributed by atoms with Crippen LogP contribution < -0.4 is 10.6 Å². The van der Waals surface area contributed by atoms with E-state index in [1.54, 1.807) is 7.05 Å². The van der Waals surface area contributed by atoms with Crippen LogP contribution in [0.4, 0.5) is 21.7 Å². The summed E-state index contributed by atoms with van der Waals surface area (Å²) in [6.45, 7) is 1.84. The third kappa shape index (κ3) is 2.76. The number of halogens is 2. The highest BCUT2D eigenvalue weighted by atomic mass is 79.9. The fourth-order valence-electron chi connectivity index (χ4n) is 1.58. The SMILES string of the molecule is CNc1ncnc(Nc2cc(C)cc(F)c2)c1Br. The number of rotatable bonds is 3. The number of hydrogen-bond acceptors (Lipinski definition) is 4. The third-order valence-electron chi connectivity index (χ3n) is 2.33. The summed E-state index contributed by atoms with van der Waals surface area (Å²) < 4.78 is 14.0. The molecule has 1 heterocycles. The van der Waals surface area contributed by atoms with Gasteiger partial charge in [0.05, 0.1) is 0 Å². The predicted molar refractivity (Wildman–Crippen MR) is 73.7 cm³/mol. The summed E-state index contributed by atoms with van der Waals surface area (Å²) in [7, 11) is 1.77. The van der Waals surface area contributed by atoms with E-state index in [-0.39, 0.29) is 5.82 Å². The second-order valence-electron chi connectivity index (χ2n) is 3.78. The summed E-state index contributed by atoms with van der Waals surface area (Å²) in [5.41, 5.74) is 1.49. The number of aryl methyl sites for hydroxylation is 1. The van der Waals surface area contributed by atoms with E-state index in [1.165, 1.54) is 18.5 Å². The van der Waals surface area contributed by atoms with Crippen LogP contribution in [0, 0.1) is 12.7 Å². The smallest absolute Gasteiger partial charge is 0.150 e. The maximum Gasteiger partial charge on any atom is 0.150 e. The van der Waals surface area contributed by atoms with Crippen LogP contribution in [0.3, 0.4) is 0 Å². The molecular formula is C12H12BrFN4. The molecule has 1 aromatic heterocycles. The molecule has 0 unspecified atom stereocenters. The second-order valence-corrected chi connectivity index (χ2v) is 4.57.